The lowest BCUT2D eigenvalue weighted by Crippen LogP contribution is -2.28. The topological polar surface area (TPSA) is 19.6 Å². The zero-order valence-electron chi connectivity index (χ0n) is 31.0. The molecule has 1 saturated carbocycles. The van der Waals surface area contributed by atoms with Crippen molar-refractivity contribution in [3.8, 4) is 23.0 Å². The van der Waals surface area contributed by atoms with Crippen LogP contribution < -0.4 is 9.80 Å². The van der Waals surface area contributed by atoms with Crippen LogP contribution in [0.25, 0.3) is 33.1 Å². The Hall–Kier alpha value is -6.24. The van der Waals surface area contributed by atoms with E-state index >= 15 is 0 Å². The lowest BCUT2D eigenvalue weighted by Gasteiger charge is -2.33. The van der Waals surface area contributed by atoms with Gasteiger partial charge in [-0.15, -0.1) is 0 Å². The summed E-state index contributed by atoms with van der Waals surface area (Å²) in [6.45, 7) is 2.47. The molecule has 266 valence electrons. The first-order valence-electron chi connectivity index (χ1n) is 19.9. The van der Waals surface area contributed by atoms with Gasteiger partial charge < -0.3 is 14.2 Å². The number of anilines is 5. The van der Waals surface area contributed by atoms with Gasteiger partial charge >= 0.3 is 0 Å². The van der Waals surface area contributed by atoms with Crippen LogP contribution in [0.2, 0.25) is 0 Å². The first-order chi connectivity index (χ1) is 27.1. The van der Waals surface area contributed by atoms with Crippen molar-refractivity contribution in [3.05, 3.63) is 175 Å². The number of furan rings is 1. The van der Waals surface area contributed by atoms with Gasteiger partial charge in [-0.05, 0) is 108 Å². The molecule has 6 aromatic carbocycles. The van der Waals surface area contributed by atoms with Gasteiger partial charge in [0.2, 0.25) is 0 Å². The lowest BCUT2D eigenvalue weighted by molar-refractivity contribution is 0.370. The van der Waals surface area contributed by atoms with Gasteiger partial charge in [0.05, 0.1) is 6.04 Å². The quantitative estimate of drug-likeness (QED) is 0.160. The third-order valence-corrected chi connectivity index (χ3v) is 12.7. The fraction of sp³-hybridized carbons (Fsp3) is 0.192. The zero-order chi connectivity index (χ0) is 36.5. The number of fused-ring (bicyclic) bond motifs is 9. The van der Waals surface area contributed by atoms with E-state index in [0.29, 0.717) is 17.8 Å². The molecule has 4 atom stereocenters. The molecule has 0 radical (unpaired) electrons. The number of benzene rings is 6. The number of allylic oxidation sites excluding steroid dienone is 2. The molecule has 1 aromatic heterocycles. The number of hydrogen-bond donors (Lipinski definition) is 0. The molecule has 2 bridgehead atoms. The SMILES string of the molecule is CC1(c2cccc(N(c3ccc(-c4ccccc4N4c5ccccc5C5C=CC=CC54)cc3)c3ccc4oc5ccccc5c4c3)c2)C[C@H]2C#C[C@@H](CC2)C1. The summed E-state index contributed by atoms with van der Waals surface area (Å²) in [5, 5.41) is 2.26. The van der Waals surface area contributed by atoms with E-state index < -0.39 is 0 Å². The highest BCUT2D eigenvalue weighted by molar-refractivity contribution is 6.06. The maximum Gasteiger partial charge on any atom is 0.135 e. The minimum absolute atomic E-state index is 0.0683. The summed E-state index contributed by atoms with van der Waals surface area (Å²) in [4.78, 5) is 4.96. The lowest BCUT2D eigenvalue weighted by atomic mass is 9.73. The second kappa shape index (κ2) is 12.7. The van der Waals surface area contributed by atoms with Gasteiger partial charge in [0, 0.05) is 62.5 Å². The standard InChI is InChI=1S/C52H42N2O/c1-52(33-35-21-22-36(34-52)24-23-35)38-11-10-12-40(31-38)53(41-29-30-51-46(32-41)45-16-5-9-20-50(45)55-51)39-27-25-37(26-28-39)42-13-2-6-17-47(42)54-48-18-7-3-14-43(48)44-15-4-8-19-49(44)54/h2-20,25-32,35-36,43,48H,21-22,33-34H2,1H3/t35-,36-,43?,48?/m1/s1. The van der Waals surface area contributed by atoms with Crippen molar-refractivity contribution in [2.24, 2.45) is 11.8 Å². The molecule has 5 aliphatic rings. The first kappa shape index (κ1) is 32.2. The van der Waals surface area contributed by atoms with E-state index in [1.807, 2.05) is 6.07 Å². The minimum Gasteiger partial charge on any atom is -0.456 e. The van der Waals surface area contributed by atoms with E-state index in [0.717, 1.165) is 51.8 Å². The van der Waals surface area contributed by atoms with Crippen LogP contribution in [0.5, 0.6) is 0 Å². The van der Waals surface area contributed by atoms with Gasteiger partial charge in [0.1, 0.15) is 11.2 Å². The molecule has 12 rings (SSSR count). The van der Waals surface area contributed by atoms with E-state index in [-0.39, 0.29) is 11.5 Å². The van der Waals surface area contributed by atoms with Crippen molar-refractivity contribution in [2.75, 3.05) is 9.80 Å². The van der Waals surface area contributed by atoms with Gasteiger partial charge in [-0.25, -0.2) is 0 Å². The molecule has 0 spiro atoms. The Morgan fingerprint density at radius 1 is 0.618 bits per heavy atom. The summed E-state index contributed by atoms with van der Waals surface area (Å²) in [6, 6.07) is 51.5. The third kappa shape index (κ3) is 5.35. The summed E-state index contributed by atoms with van der Waals surface area (Å²) in [7, 11) is 0. The van der Waals surface area contributed by atoms with Crippen LogP contribution in [-0.2, 0) is 5.41 Å². The molecule has 1 aliphatic heterocycles. The second-order valence-electron chi connectivity index (χ2n) is 16.2. The van der Waals surface area contributed by atoms with Crippen molar-refractivity contribution >= 4 is 50.4 Å². The Morgan fingerprint density at radius 2 is 1.31 bits per heavy atom. The molecule has 0 saturated heterocycles. The Labute approximate surface area is 323 Å². The fourth-order valence-corrected chi connectivity index (χ4v) is 10.1. The van der Waals surface area contributed by atoms with Crippen molar-refractivity contribution < 1.29 is 4.42 Å². The van der Waals surface area contributed by atoms with Crippen LogP contribution >= 0.6 is 0 Å². The average molecular weight is 711 g/mol. The molecule has 0 amide bonds. The molecule has 55 heavy (non-hydrogen) atoms. The Kier molecular flexibility index (Phi) is 7.42. The number of nitrogens with zero attached hydrogens (tertiary/aromatic N) is 2. The third-order valence-electron chi connectivity index (χ3n) is 12.7. The van der Waals surface area contributed by atoms with Crippen LogP contribution in [0.3, 0.4) is 0 Å². The maximum atomic E-state index is 6.28. The molecule has 3 heteroatoms. The van der Waals surface area contributed by atoms with Crippen LogP contribution in [-0.4, -0.2) is 6.04 Å². The molecule has 3 nitrogen and oxygen atoms in total. The van der Waals surface area contributed by atoms with Gasteiger partial charge in [-0.1, -0.05) is 122 Å². The van der Waals surface area contributed by atoms with Crippen molar-refractivity contribution in [1.29, 1.82) is 0 Å². The normalized spacial score (nSPS) is 23.3. The molecular weight excluding hydrogens is 669 g/mol. The Balaban J connectivity index is 1.02. The highest BCUT2D eigenvalue weighted by atomic mass is 16.3. The van der Waals surface area contributed by atoms with Gasteiger partial charge in [0.25, 0.3) is 0 Å². The van der Waals surface area contributed by atoms with Crippen LogP contribution in [0.4, 0.5) is 28.4 Å². The van der Waals surface area contributed by atoms with Crippen molar-refractivity contribution in [2.45, 2.75) is 50.0 Å². The van der Waals surface area contributed by atoms with E-state index in [4.69, 9.17) is 4.42 Å². The fourth-order valence-electron chi connectivity index (χ4n) is 10.1. The first-order valence-corrected chi connectivity index (χ1v) is 19.9. The van der Waals surface area contributed by atoms with Crippen LogP contribution in [0, 0.1) is 23.7 Å². The summed E-state index contributed by atoms with van der Waals surface area (Å²) >= 11 is 0. The number of hydrogen-bond acceptors (Lipinski definition) is 3. The van der Waals surface area contributed by atoms with E-state index in [9.17, 15) is 0 Å². The Morgan fingerprint density at radius 3 is 2.15 bits per heavy atom. The summed E-state index contributed by atoms with van der Waals surface area (Å²) in [5.41, 5.74) is 13.0. The van der Waals surface area contributed by atoms with Crippen LogP contribution in [0.1, 0.15) is 49.7 Å². The summed E-state index contributed by atoms with van der Waals surface area (Å²) < 4.78 is 6.28. The van der Waals surface area contributed by atoms with Crippen LogP contribution in [0.15, 0.2) is 168 Å². The smallest absolute Gasteiger partial charge is 0.135 e. The van der Waals surface area contributed by atoms with Gasteiger partial charge in [0.15, 0.2) is 0 Å². The monoisotopic (exact) mass is 710 g/mol. The molecule has 0 N–H and O–H groups in total. The van der Waals surface area contributed by atoms with E-state index in [2.05, 4.69) is 186 Å². The molecular formula is C52H42N2O. The summed E-state index contributed by atoms with van der Waals surface area (Å²) in [5.74, 6) is 8.52. The second-order valence-corrected chi connectivity index (χ2v) is 16.2. The van der Waals surface area contributed by atoms with E-state index in [1.54, 1.807) is 0 Å². The molecule has 2 unspecified atom stereocenters. The molecule has 2 heterocycles. The highest BCUT2D eigenvalue weighted by Crippen LogP contribution is 2.51. The molecule has 1 fully saturated rings. The number of para-hydroxylation sites is 3. The van der Waals surface area contributed by atoms with Gasteiger partial charge in [-0.2, -0.15) is 0 Å². The minimum atomic E-state index is 0.0683. The average Bonchev–Trinajstić information content (AvgIpc) is 3.65. The van der Waals surface area contributed by atoms with E-state index in [1.165, 1.54) is 46.5 Å². The number of rotatable bonds is 6. The summed E-state index contributed by atoms with van der Waals surface area (Å²) in [6.07, 6.45) is 13.8. The molecule has 7 aromatic rings. The Bertz CT molecular complexity index is 2720. The van der Waals surface area contributed by atoms with Gasteiger partial charge in [-0.3, -0.25) is 0 Å². The van der Waals surface area contributed by atoms with Crippen molar-refractivity contribution in [3.63, 3.8) is 0 Å². The predicted octanol–water partition coefficient (Wildman–Crippen LogP) is 13.5. The van der Waals surface area contributed by atoms with Crippen molar-refractivity contribution in [1.82, 2.24) is 0 Å². The highest BCUT2D eigenvalue weighted by Gasteiger charge is 2.39. The zero-order valence-corrected chi connectivity index (χ0v) is 31.0. The molecule has 4 aliphatic carbocycles. The largest absolute Gasteiger partial charge is 0.456 e. The predicted molar refractivity (Wildman–Crippen MR) is 228 cm³/mol. The maximum absolute atomic E-state index is 6.28.